The molecule has 2 aromatic rings. The molecule has 20 heavy (non-hydrogen) atoms. The van der Waals surface area contributed by atoms with E-state index < -0.39 is 11.5 Å². The van der Waals surface area contributed by atoms with Crippen molar-refractivity contribution < 1.29 is 9.90 Å². The highest BCUT2D eigenvalue weighted by molar-refractivity contribution is 8.01. The quantitative estimate of drug-likeness (QED) is 0.769. The van der Waals surface area contributed by atoms with Crippen LogP contribution in [0.1, 0.15) is 20.3 Å². The fourth-order valence-corrected chi connectivity index (χ4v) is 4.22. The second kappa shape index (κ2) is 6.56. The average molecular weight is 310 g/mol. The van der Waals surface area contributed by atoms with Gasteiger partial charge in [-0.05, 0) is 32.0 Å². The number of benzene rings is 1. The van der Waals surface area contributed by atoms with Gasteiger partial charge in [0.2, 0.25) is 0 Å². The van der Waals surface area contributed by atoms with Gasteiger partial charge in [-0.25, -0.2) is 4.98 Å². The summed E-state index contributed by atoms with van der Waals surface area (Å²) in [7, 11) is 0. The Labute approximate surface area is 126 Å². The number of fused-ring (bicyclic) bond motifs is 1. The number of carboxylic acids is 1. The van der Waals surface area contributed by atoms with Crippen LogP contribution in [0.2, 0.25) is 0 Å². The van der Waals surface area contributed by atoms with E-state index in [1.807, 2.05) is 25.1 Å². The lowest BCUT2D eigenvalue weighted by Crippen LogP contribution is -2.49. The van der Waals surface area contributed by atoms with Crippen LogP contribution < -0.4 is 5.32 Å². The van der Waals surface area contributed by atoms with E-state index in [0.29, 0.717) is 13.0 Å². The molecule has 0 saturated heterocycles. The summed E-state index contributed by atoms with van der Waals surface area (Å²) in [6, 6.07) is 8.03. The van der Waals surface area contributed by atoms with Crippen LogP contribution >= 0.6 is 23.1 Å². The van der Waals surface area contributed by atoms with E-state index in [9.17, 15) is 9.90 Å². The molecule has 1 aromatic carbocycles. The number of likely N-dealkylation sites (N-methyl/N-ethyl adjacent to an activating group) is 1. The molecule has 0 fully saturated rings. The van der Waals surface area contributed by atoms with Crippen LogP contribution in [0.4, 0.5) is 0 Å². The number of hydrogen-bond donors (Lipinski definition) is 2. The second-order valence-electron chi connectivity index (χ2n) is 4.71. The number of aliphatic carboxylic acids is 1. The molecule has 6 heteroatoms. The molecule has 0 amide bonds. The monoisotopic (exact) mass is 310 g/mol. The lowest BCUT2D eigenvalue weighted by Gasteiger charge is -2.25. The predicted molar refractivity (Wildman–Crippen MR) is 84.7 cm³/mol. The van der Waals surface area contributed by atoms with Gasteiger partial charge in [-0.3, -0.25) is 4.79 Å². The minimum Gasteiger partial charge on any atom is -0.480 e. The normalized spacial score (nSPS) is 14.3. The van der Waals surface area contributed by atoms with Crippen molar-refractivity contribution in [2.24, 2.45) is 0 Å². The van der Waals surface area contributed by atoms with Crippen LogP contribution in [-0.4, -0.2) is 33.9 Å². The fourth-order valence-electron chi connectivity index (χ4n) is 1.92. The third kappa shape index (κ3) is 3.50. The SMILES string of the molecule is CCNC(C)(CCSc1nc2ccccc2s1)C(=O)O. The Bertz CT molecular complexity index is 567. The standard InChI is InChI=1S/C14H18N2O2S2/c1-3-15-14(2,12(17)18)8-9-19-13-16-10-6-4-5-7-11(10)20-13/h4-7,15H,3,8-9H2,1-2H3,(H,17,18). The first-order chi connectivity index (χ1) is 9.55. The first-order valence-corrected chi connectivity index (χ1v) is 8.32. The van der Waals surface area contributed by atoms with E-state index in [4.69, 9.17) is 0 Å². The molecule has 0 aliphatic carbocycles. The van der Waals surface area contributed by atoms with Crippen LogP contribution in [0, 0.1) is 0 Å². The van der Waals surface area contributed by atoms with Crippen molar-refractivity contribution in [2.45, 2.75) is 30.1 Å². The van der Waals surface area contributed by atoms with E-state index in [2.05, 4.69) is 16.4 Å². The molecule has 0 saturated carbocycles. The van der Waals surface area contributed by atoms with Crippen molar-refractivity contribution in [1.82, 2.24) is 10.3 Å². The number of nitrogens with zero attached hydrogens (tertiary/aromatic N) is 1. The van der Waals surface area contributed by atoms with Gasteiger partial charge in [0, 0.05) is 5.75 Å². The topological polar surface area (TPSA) is 62.2 Å². The molecule has 1 heterocycles. The van der Waals surface area contributed by atoms with E-state index in [-0.39, 0.29) is 0 Å². The molecule has 2 rings (SSSR count). The van der Waals surface area contributed by atoms with Gasteiger partial charge in [0.15, 0.2) is 4.34 Å². The largest absolute Gasteiger partial charge is 0.480 e. The molecule has 1 aromatic heterocycles. The Morgan fingerprint density at radius 3 is 2.90 bits per heavy atom. The highest BCUT2D eigenvalue weighted by Gasteiger charge is 2.31. The number of nitrogens with one attached hydrogen (secondary N) is 1. The Hall–Kier alpha value is -1.11. The van der Waals surface area contributed by atoms with Crippen molar-refractivity contribution in [3.8, 4) is 0 Å². The van der Waals surface area contributed by atoms with Crippen LogP contribution in [0.25, 0.3) is 10.2 Å². The number of carbonyl (C=O) groups is 1. The Balaban J connectivity index is 1.96. The van der Waals surface area contributed by atoms with E-state index in [1.165, 1.54) is 4.70 Å². The van der Waals surface area contributed by atoms with Crippen molar-refractivity contribution in [3.63, 3.8) is 0 Å². The number of hydrogen-bond acceptors (Lipinski definition) is 5. The van der Waals surface area contributed by atoms with E-state index in [1.54, 1.807) is 30.0 Å². The van der Waals surface area contributed by atoms with Crippen molar-refractivity contribution in [2.75, 3.05) is 12.3 Å². The van der Waals surface area contributed by atoms with Crippen LogP contribution in [-0.2, 0) is 4.79 Å². The molecule has 1 unspecified atom stereocenters. The second-order valence-corrected chi connectivity index (χ2v) is 7.09. The van der Waals surface area contributed by atoms with Crippen LogP contribution in [0.5, 0.6) is 0 Å². The maximum Gasteiger partial charge on any atom is 0.323 e. The lowest BCUT2D eigenvalue weighted by atomic mass is 9.99. The summed E-state index contributed by atoms with van der Waals surface area (Å²) in [5, 5.41) is 12.3. The molecule has 4 nitrogen and oxygen atoms in total. The third-order valence-electron chi connectivity index (χ3n) is 3.14. The van der Waals surface area contributed by atoms with Crippen molar-refractivity contribution in [1.29, 1.82) is 0 Å². The maximum absolute atomic E-state index is 11.3. The summed E-state index contributed by atoms with van der Waals surface area (Å²) in [5.74, 6) is -0.0699. The number of rotatable bonds is 7. The Morgan fingerprint density at radius 1 is 1.50 bits per heavy atom. The highest BCUT2D eigenvalue weighted by atomic mass is 32.2. The van der Waals surface area contributed by atoms with Gasteiger partial charge in [-0.2, -0.15) is 0 Å². The minimum atomic E-state index is -0.863. The van der Waals surface area contributed by atoms with E-state index in [0.717, 1.165) is 15.6 Å². The predicted octanol–water partition coefficient (Wildman–Crippen LogP) is 3.23. The van der Waals surface area contributed by atoms with Gasteiger partial charge in [0.25, 0.3) is 0 Å². The number of para-hydroxylation sites is 1. The van der Waals surface area contributed by atoms with Gasteiger partial charge in [0.1, 0.15) is 5.54 Å². The smallest absolute Gasteiger partial charge is 0.323 e. The summed E-state index contributed by atoms with van der Waals surface area (Å²) in [6.07, 6.45) is 0.566. The summed E-state index contributed by atoms with van der Waals surface area (Å²) in [5.41, 5.74) is 0.144. The number of thiazole rings is 1. The zero-order valence-electron chi connectivity index (χ0n) is 11.5. The first-order valence-electron chi connectivity index (χ1n) is 6.52. The van der Waals surface area contributed by atoms with Gasteiger partial charge in [-0.15, -0.1) is 11.3 Å². The highest BCUT2D eigenvalue weighted by Crippen LogP contribution is 2.30. The maximum atomic E-state index is 11.3. The molecule has 108 valence electrons. The zero-order valence-corrected chi connectivity index (χ0v) is 13.2. The molecule has 0 bridgehead atoms. The lowest BCUT2D eigenvalue weighted by molar-refractivity contribution is -0.144. The third-order valence-corrected chi connectivity index (χ3v) is 5.32. The Kier molecular flexibility index (Phi) is 5.01. The van der Waals surface area contributed by atoms with Crippen molar-refractivity contribution >= 4 is 39.3 Å². The van der Waals surface area contributed by atoms with Gasteiger partial charge < -0.3 is 10.4 Å². The summed E-state index contributed by atoms with van der Waals surface area (Å²) < 4.78 is 2.16. The van der Waals surface area contributed by atoms with Gasteiger partial charge in [-0.1, -0.05) is 30.8 Å². The molecule has 1 atom stereocenters. The molecule has 0 spiro atoms. The summed E-state index contributed by atoms with van der Waals surface area (Å²) in [4.78, 5) is 15.8. The average Bonchev–Trinajstić information content (AvgIpc) is 2.81. The molecular formula is C14H18N2O2S2. The molecule has 0 aliphatic heterocycles. The summed E-state index contributed by atoms with van der Waals surface area (Å²) in [6.45, 7) is 4.30. The number of thioether (sulfide) groups is 1. The first kappa shape index (κ1) is 15.3. The fraction of sp³-hybridized carbons (Fsp3) is 0.429. The van der Waals surface area contributed by atoms with Gasteiger partial charge in [0.05, 0.1) is 10.2 Å². The Morgan fingerprint density at radius 2 is 2.25 bits per heavy atom. The van der Waals surface area contributed by atoms with Crippen molar-refractivity contribution in [3.05, 3.63) is 24.3 Å². The zero-order chi connectivity index (χ0) is 14.6. The van der Waals surface area contributed by atoms with Crippen LogP contribution in [0.15, 0.2) is 28.6 Å². The molecular weight excluding hydrogens is 292 g/mol. The summed E-state index contributed by atoms with van der Waals surface area (Å²) >= 11 is 3.27. The van der Waals surface area contributed by atoms with E-state index >= 15 is 0 Å². The van der Waals surface area contributed by atoms with Crippen LogP contribution in [0.3, 0.4) is 0 Å². The minimum absolute atomic E-state index is 0.566. The molecule has 0 radical (unpaired) electrons. The number of carboxylic acid groups (broad SMARTS) is 1. The molecule has 2 N–H and O–H groups in total. The molecule has 0 aliphatic rings. The number of aromatic nitrogens is 1. The van der Waals surface area contributed by atoms with Gasteiger partial charge >= 0.3 is 5.97 Å².